The zero-order valence-electron chi connectivity index (χ0n) is 9.74. The summed E-state index contributed by atoms with van der Waals surface area (Å²) in [5.41, 5.74) is 7.46. The summed E-state index contributed by atoms with van der Waals surface area (Å²) >= 11 is 1.16. The highest BCUT2D eigenvalue weighted by Gasteiger charge is 2.19. The number of carbonyl (C=O) groups excluding carboxylic acids is 1. The molecule has 0 saturated heterocycles. The van der Waals surface area contributed by atoms with Crippen molar-refractivity contribution in [1.82, 2.24) is 0 Å². The molecule has 0 aliphatic rings. The second-order valence-corrected chi connectivity index (χ2v) is 4.86. The van der Waals surface area contributed by atoms with Crippen LogP contribution in [0.3, 0.4) is 0 Å². The molecule has 0 amide bonds. The van der Waals surface area contributed by atoms with Crippen LogP contribution in [0.4, 0.5) is 9.39 Å². The van der Waals surface area contributed by atoms with Crippen LogP contribution in [-0.2, 0) is 0 Å². The minimum absolute atomic E-state index is 0.199. The van der Waals surface area contributed by atoms with E-state index in [1.165, 1.54) is 6.07 Å². The van der Waals surface area contributed by atoms with E-state index in [4.69, 9.17) is 10.8 Å². The van der Waals surface area contributed by atoms with Gasteiger partial charge in [0.15, 0.2) is 5.78 Å². The monoisotopic (exact) mass is 265 g/mol. The summed E-state index contributed by atoms with van der Waals surface area (Å²) in [5.74, 6) is -0.900. The van der Waals surface area contributed by atoms with Gasteiger partial charge in [0.05, 0.1) is 10.6 Å². The van der Waals surface area contributed by atoms with Crippen LogP contribution < -0.4 is 5.73 Å². The lowest BCUT2D eigenvalue weighted by atomic mass is 10.00. The molecule has 0 radical (unpaired) electrons. The summed E-state index contributed by atoms with van der Waals surface area (Å²) in [4.78, 5) is 11.6. The number of nitrogen functional groups attached to an aromatic ring is 1. The lowest BCUT2D eigenvalue weighted by Crippen LogP contribution is -2.07. The maximum absolute atomic E-state index is 13.9. The highest BCUT2D eigenvalue weighted by molar-refractivity contribution is 7.15. The maximum atomic E-state index is 13.9. The molecule has 0 aliphatic heterocycles. The molecule has 1 heterocycles. The molecule has 2 aromatic rings. The number of ketones is 1. The Hall–Kier alpha value is -1.72. The predicted molar refractivity (Wildman–Crippen MR) is 70.3 cm³/mol. The van der Waals surface area contributed by atoms with Crippen molar-refractivity contribution in [1.29, 1.82) is 0 Å². The summed E-state index contributed by atoms with van der Waals surface area (Å²) < 4.78 is 13.9. The van der Waals surface area contributed by atoms with Gasteiger partial charge < -0.3 is 10.8 Å². The van der Waals surface area contributed by atoms with Gasteiger partial charge in [0, 0.05) is 16.5 Å². The Labute approximate surface area is 108 Å². The first-order valence-electron chi connectivity index (χ1n) is 5.32. The zero-order chi connectivity index (χ0) is 13.3. The van der Waals surface area contributed by atoms with Gasteiger partial charge in [0.1, 0.15) is 12.4 Å². The Morgan fingerprint density at radius 3 is 2.78 bits per heavy atom. The lowest BCUT2D eigenvalue weighted by molar-refractivity contribution is 0.0905. The summed E-state index contributed by atoms with van der Waals surface area (Å²) in [6, 6.07) is 4.77. The summed E-state index contributed by atoms with van der Waals surface area (Å²) in [6.45, 7) is 1.15. The number of anilines is 1. The number of hydrogen-bond donors (Lipinski definition) is 2. The van der Waals surface area contributed by atoms with E-state index < -0.39 is 18.2 Å². The topological polar surface area (TPSA) is 63.3 Å². The Bertz CT molecular complexity index is 607. The largest absolute Gasteiger partial charge is 0.390 e. The molecule has 0 unspecified atom stereocenters. The average Bonchev–Trinajstić information content (AvgIpc) is 2.70. The molecule has 5 heteroatoms. The highest BCUT2D eigenvalue weighted by atomic mass is 32.1. The second kappa shape index (κ2) is 4.88. The molecule has 2 rings (SSSR count). The highest BCUT2D eigenvalue weighted by Crippen LogP contribution is 2.35. The van der Waals surface area contributed by atoms with Gasteiger partial charge in [-0.05, 0) is 18.6 Å². The van der Waals surface area contributed by atoms with E-state index >= 15 is 0 Å². The van der Waals surface area contributed by atoms with Crippen LogP contribution in [-0.4, -0.2) is 17.5 Å². The quantitative estimate of drug-likeness (QED) is 0.838. The van der Waals surface area contributed by atoms with Gasteiger partial charge in [-0.15, -0.1) is 11.3 Å². The van der Waals surface area contributed by atoms with E-state index in [0.29, 0.717) is 16.1 Å². The zero-order valence-corrected chi connectivity index (χ0v) is 10.6. The van der Waals surface area contributed by atoms with Gasteiger partial charge in [-0.1, -0.05) is 12.1 Å². The fraction of sp³-hybridized carbons (Fsp3) is 0.154. The van der Waals surface area contributed by atoms with Crippen molar-refractivity contribution in [3.05, 3.63) is 40.5 Å². The second-order valence-electron chi connectivity index (χ2n) is 3.95. The van der Waals surface area contributed by atoms with E-state index in [-0.39, 0.29) is 5.56 Å². The van der Waals surface area contributed by atoms with Crippen LogP contribution in [0.2, 0.25) is 0 Å². The summed E-state index contributed by atoms with van der Waals surface area (Å²) in [5, 5.41) is 10.8. The van der Waals surface area contributed by atoms with Crippen molar-refractivity contribution in [3.63, 3.8) is 0 Å². The first-order valence-corrected chi connectivity index (χ1v) is 6.20. The number of aryl methyl sites for hydroxylation is 1. The number of benzene rings is 1. The average molecular weight is 265 g/mol. The van der Waals surface area contributed by atoms with Crippen LogP contribution in [0, 0.1) is 12.7 Å². The van der Waals surface area contributed by atoms with Gasteiger partial charge in [0.2, 0.25) is 0 Å². The molecule has 3 N–H and O–H groups in total. The predicted octanol–water partition coefficient (Wildman–Crippen LogP) is 2.62. The van der Waals surface area contributed by atoms with Crippen molar-refractivity contribution in [2.45, 2.75) is 6.92 Å². The number of thiophene rings is 1. The van der Waals surface area contributed by atoms with E-state index in [9.17, 15) is 9.18 Å². The normalized spacial score (nSPS) is 10.6. The number of aliphatic hydroxyl groups excluding tert-OH is 1. The molecule has 0 saturated carbocycles. The van der Waals surface area contributed by atoms with Crippen LogP contribution in [0.25, 0.3) is 11.1 Å². The number of carbonyl (C=O) groups is 1. The third-order valence-corrected chi connectivity index (χ3v) is 3.47. The molecule has 94 valence electrons. The van der Waals surface area contributed by atoms with Crippen LogP contribution in [0.5, 0.6) is 0 Å². The molecular weight excluding hydrogens is 253 g/mol. The Balaban J connectivity index is 2.61. The van der Waals surface area contributed by atoms with Crippen LogP contribution >= 0.6 is 11.3 Å². The number of aliphatic hydroxyl groups is 1. The molecule has 18 heavy (non-hydrogen) atoms. The standard InChI is InChI=1S/C13H12FNO2S/c1-7-2-3-8(10(14)4-7)9-6-18-13(15)12(9)11(17)5-16/h2-4,6,16H,5,15H2,1H3. The third kappa shape index (κ3) is 2.14. The summed E-state index contributed by atoms with van der Waals surface area (Å²) in [6.07, 6.45) is 0. The molecule has 1 aromatic heterocycles. The smallest absolute Gasteiger partial charge is 0.191 e. The van der Waals surface area contributed by atoms with Gasteiger partial charge in [-0.25, -0.2) is 4.39 Å². The van der Waals surface area contributed by atoms with E-state index in [0.717, 1.165) is 16.9 Å². The van der Waals surface area contributed by atoms with Gasteiger partial charge in [-0.2, -0.15) is 0 Å². The maximum Gasteiger partial charge on any atom is 0.191 e. The molecule has 0 fully saturated rings. The molecule has 0 aliphatic carbocycles. The molecule has 1 aromatic carbocycles. The van der Waals surface area contributed by atoms with Gasteiger partial charge in [-0.3, -0.25) is 4.79 Å². The third-order valence-electron chi connectivity index (χ3n) is 2.66. The molecule has 0 bridgehead atoms. The minimum atomic E-state index is -0.637. The lowest BCUT2D eigenvalue weighted by Gasteiger charge is -2.05. The van der Waals surface area contributed by atoms with E-state index in [2.05, 4.69) is 0 Å². The first-order chi connectivity index (χ1) is 8.54. The van der Waals surface area contributed by atoms with Crippen molar-refractivity contribution < 1.29 is 14.3 Å². The van der Waals surface area contributed by atoms with Gasteiger partial charge >= 0.3 is 0 Å². The molecule has 3 nitrogen and oxygen atoms in total. The van der Waals surface area contributed by atoms with Crippen molar-refractivity contribution in [3.8, 4) is 11.1 Å². The Morgan fingerprint density at radius 2 is 2.17 bits per heavy atom. The van der Waals surface area contributed by atoms with Crippen molar-refractivity contribution >= 4 is 22.1 Å². The van der Waals surface area contributed by atoms with E-state index in [1.807, 2.05) is 0 Å². The van der Waals surface area contributed by atoms with Crippen LogP contribution in [0.15, 0.2) is 23.6 Å². The Morgan fingerprint density at radius 1 is 1.44 bits per heavy atom. The number of rotatable bonds is 3. The first kappa shape index (κ1) is 12.7. The minimum Gasteiger partial charge on any atom is -0.390 e. The Kier molecular flexibility index (Phi) is 3.45. The van der Waals surface area contributed by atoms with E-state index in [1.54, 1.807) is 24.4 Å². The number of nitrogens with two attached hydrogens (primary N) is 1. The van der Waals surface area contributed by atoms with Crippen molar-refractivity contribution in [2.24, 2.45) is 0 Å². The fourth-order valence-corrected chi connectivity index (χ4v) is 2.61. The van der Waals surface area contributed by atoms with Gasteiger partial charge in [0.25, 0.3) is 0 Å². The number of Topliss-reactive ketones (excluding diaryl/α,β-unsaturated/α-hetero) is 1. The fourth-order valence-electron chi connectivity index (χ4n) is 1.78. The molecular formula is C13H12FNO2S. The van der Waals surface area contributed by atoms with Crippen LogP contribution in [0.1, 0.15) is 15.9 Å². The molecule has 0 atom stereocenters. The summed E-state index contributed by atoms with van der Waals surface area (Å²) in [7, 11) is 0. The molecule has 0 spiro atoms. The number of halogens is 1. The number of hydrogen-bond acceptors (Lipinski definition) is 4. The van der Waals surface area contributed by atoms with Crippen molar-refractivity contribution in [2.75, 3.05) is 12.3 Å². The SMILES string of the molecule is Cc1ccc(-c2csc(N)c2C(=O)CO)c(F)c1.